The Kier molecular flexibility index (Phi) is 6.67. The molecular formula is C18H19N3O5. The summed E-state index contributed by atoms with van der Waals surface area (Å²) in [6.07, 6.45) is 4.23. The summed E-state index contributed by atoms with van der Waals surface area (Å²) >= 11 is 0. The molecule has 0 aliphatic heterocycles. The fraction of sp³-hybridized carbons (Fsp3) is 0.222. The van der Waals surface area contributed by atoms with Crippen LogP contribution in [-0.2, 0) is 11.3 Å². The van der Waals surface area contributed by atoms with Gasteiger partial charge in [0.1, 0.15) is 6.61 Å². The van der Waals surface area contributed by atoms with Crippen molar-refractivity contribution in [3.63, 3.8) is 0 Å². The normalized spacial score (nSPS) is 10.5. The number of nitro groups is 1. The number of hydrogen-bond donors (Lipinski definition) is 1. The molecule has 2 aromatic rings. The number of amides is 1. The molecule has 0 saturated heterocycles. The highest BCUT2D eigenvalue weighted by atomic mass is 16.6. The summed E-state index contributed by atoms with van der Waals surface area (Å²) < 4.78 is 10.00. The summed E-state index contributed by atoms with van der Waals surface area (Å²) in [5.41, 5.74) is 1.72. The molecule has 8 nitrogen and oxygen atoms in total. The quantitative estimate of drug-likeness (QED) is 0.602. The number of carbonyl (C=O) groups excluding carboxylic acids is 1. The lowest BCUT2D eigenvalue weighted by atomic mass is 10.1. The van der Waals surface area contributed by atoms with Crippen LogP contribution in [0, 0.1) is 17.0 Å². The Bertz CT molecular complexity index is 806. The second-order valence-corrected chi connectivity index (χ2v) is 5.30. The maximum atomic E-state index is 11.6. The highest BCUT2D eigenvalue weighted by molar-refractivity contribution is 5.68. The molecule has 8 heteroatoms. The molecule has 136 valence electrons. The molecule has 1 aromatic heterocycles. The fourth-order valence-corrected chi connectivity index (χ4v) is 2.22. The fourth-order valence-electron chi connectivity index (χ4n) is 2.22. The van der Waals surface area contributed by atoms with Gasteiger partial charge in [0.25, 0.3) is 5.88 Å². The number of carbonyl (C=O) groups is 1. The summed E-state index contributed by atoms with van der Waals surface area (Å²) in [4.78, 5) is 26.2. The first-order valence-electron chi connectivity index (χ1n) is 7.82. The third kappa shape index (κ3) is 5.04. The van der Waals surface area contributed by atoms with Crippen LogP contribution >= 0.6 is 0 Å². The zero-order chi connectivity index (χ0) is 18.9. The van der Waals surface area contributed by atoms with E-state index in [0.29, 0.717) is 11.1 Å². The van der Waals surface area contributed by atoms with Gasteiger partial charge in [-0.15, -0.1) is 0 Å². The Labute approximate surface area is 150 Å². The van der Waals surface area contributed by atoms with Gasteiger partial charge in [0.05, 0.1) is 12.0 Å². The van der Waals surface area contributed by atoms with E-state index in [9.17, 15) is 14.9 Å². The standard InChI is InChI=1S/C18H19N3O5/c1-13-15(11-20-17(25-2)16(13)21(23)24)9-6-10-19-18(22)26-12-14-7-4-3-5-8-14/h3-9,11H,10,12H2,1-2H3,(H,19,22). The largest absolute Gasteiger partial charge is 0.476 e. The van der Waals surface area contributed by atoms with Gasteiger partial charge in [-0.3, -0.25) is 10.1 Å². The first-order chi connectivity index (χ1) is 12.5. The molecule has 0 saturated carbocycles. The minimum absolute atomic E-state index is 0.0349. The van der Waals surface area contributed by atoms with Crippen LogP contribution < -0.4 is 10.1 Å². The number of nitrogens with one attached hydrogen (secondary N) is 1. The minimum atomic E-state index is -0.547. The van der Waals surface area contributed by atoms with Gasteiger partial charge in [0.15, 0.2) is 0 Å². The number of ether oxygens (including phenoxy) is 2. The highest BCUT2D eigenvalue weighted by Gasteiger charge is 2.21. The lowest BCUT2D eigenvalue weighted by Crippen LogP contribution is -2.24. The highest BCUT2D eigenvalue weighted by Crippen LogP contribution is 2.30. The van der Waals surface area contributed by atoms with E-state index in [1.54, 1.807) is 19.1 Å². The molecule has 1 aromatic carbocycles. The zero-order valence-electron chi connectivity index (χ0n) is 14.5. The maximum absolute atomic E-state index is 11.6. The van der Waals surface area contributed by atoms with Crippen LogP contribution in [0.4, 0.5) is 10.5 Å². The average molecular weight is 357 g/mol. The Morgan fingerprint density at radius 2 is 2.08 bits per heavy atom. The summed E-state index contributed by atoms with van der Waals surface area (Å²) in [5, 5.41) is 13.7. The van der Waals surface area contributed by atoms with E-state index in [1.165, 1.54) is 13.3 Å². The van der Waals surface area contributed by atoms with Gasteiger partial charge >= 0.3 is 11.8 Å². The van der Waals surface area contributed by atoms with Crippen LogP contribution in [0.3, 0.4) is 0 Å². The minimum Gasteiger partial charge on any atom is -0.476 e. The molecule has 0 aliphatic carbocycles. The van der Waals surface area contributed by atoms with Crippen molar-refractivity contribution in [2.24, 2.45) is 0 Å². The number of hydrogen-bond acceptors (Lipinski definition) is 6. The van der Waals surface area contributed by atoms with Crippen molar-refractivity contribution in [1.82, 2.24) is 10.3 Å². The molecule has 26 heavy (non-hydrogen) atoms. The van der Waals surface area contributed by atoms with Crippen molar-refractivity contribution < 1.29 is 19.2 Å². The maximum Gasteiger partial charge on any atom is 0.407 e. The van der Waals surface area contributed by atoms with Crippen LogP contribution in [0.15, 0.2) is 42.6 Å². The van der Waals surface area contributed by atoms with Gasteiger partial charge in [-0.05, 0) is 12.5 Å². The molecule has 0 fully saturated rings. The second-order valence-electron chi connectivity index (χ2n) is 5.30. The van der Waals surface area contributed by atoms with Crippen LogP contribution in [0.1, 0.15) is 16.7 Å². The summed E-state index contributed by atoms with van der Waals surface area (Å²) in [7, 11) is 1.33. The second kappa shape index (κ2) is 9.16. The number of benzene rings is 1. The van der Waals surface area contributed by atoms with Crippen molar-refractivity contribution in [2.45, 2.75) is 13.5 Å². The van der Waals surface area contributed by atoms with Crippen LogP contribution in [0.5, 0.6) is 5.88 Å². The molecule has 0 aliphatic rings. The molecular weight excluding hydrogens is 338 g/mol. The van der Waals surface area contributed by atoms with Crippen molar-refractivity contribution in [1.29, 1.82) is 0 Å². The number of nitrogens with zero attached hydrogens (tertiary/aromatic N) is 2. The van der Waals surface area contributed by atoms with E-state index in [1.807, 2.05) is 30.3 Å². The van der Waals surface area contributed by atoms with E-state index >= 15 is 0 Å². The SMILES string of the molecule is COc1ncc(C=CCNC(=O)OCc2ccccc2)c(C)c1[N+](=O)[O-]. The Hall–Kier alpha value is -3.42. The molecule has 0 bridgehead atoms. The van der Waals surface area contributed by atoms with Gasteiger partial charge in [0.2, 0.25) is 0 Å². The van der Waals surface area contributed by atoms with E-state index < -0.39 is 11.0 Å². The Morgan fingerprint density at radius 1 is 1.35 bits per heavy atom. The molecule has 0 atom stereocenters. The Morgan fingerprint density at radius 3 is 2.73 bits per heavy atom. The lowest BCUT2D eigenvalue weighted by molar-refractivity contribution is -0.386. The van der Waals surface area contributed by atoms with Crippen molar-refractivity contribution in [2.75, 3.05) is 13.7 Å². The third-order valence-corrected chi connectivity index (χ3v) is 3.56. The monoisotopic (exact) mass is 357 g/mol. The lowest BCUT2D eigenvalue weighted by Gasteiger charge is -2.06. The topological polar surface area (TPSA) is 104 Å². The molecule has 0 radical (unpaired) electrons. The van der Waals surface area contributed by atoms with Crippen molar-refractivity contribution in [3.8, 4) is 5.88 Å². The number of aromatic nitrogens is 1. The van der Waals surface area contributed by atoms with E-state index in [2.05, 4.69) is 10.3 Å². The molecule has 1 amide bonds. The first kappa shape index (κ1) is 18.9. The van der Waals surface area contributed by atoms with E-state index in [0.717, 1.165) is 5.56 Å². The van der Waals surface area contributed by atoms with E-state index in [4.69, 9.17) is 9.47 Å². The van der Waals surface area contributed by atoms with Gasteiger partial charge in [-0.25, -0.2) is 9.78 Å². The van der Waals surface area contributed by atoms with Crippen molar-refractivity contribution >= 4 is 17.9 Å². The number of methoxy groups -OCH3 is 1. The number of pyridine rings is 1. The smallest absolute Gasteiger partial charge is 0.407 e. The van der Waals surface area contributed by atoms with Gasteiger partial charge < -0.3 is 14.8 Å². The van der Waals surface area contributed by atoms with Crippen molar-refractivity contribution in [3.05, 3.63) is 69.4 Å². The Balaban J connectivity index is 1.89. The van der Waals surface area contributed by atoms with Gasteiger partial charge in [-0.2, -0.15) is 0 Å². The average Bonchev–Trinajstić information content (AvgIpc) is 2.64. The predicted octanol–water partition coefficient (Wildman–Crippen LogP) is 3.25. The molecule has 1 N–H and O–H groups in total. The molecule has 2 rings (SSSR count). The summed E-state index contributed by atoms with van der Waals surface area (Å²) in [6, 6.07) is 9.33. The zero-order valence-corrected chi connectivity index (χ0v) is 14.5. The number of rotatable bonds is 7. The van der Waals surface area contributed by atoms with Crippen LogP contribution in [-0.4, -0.2) is 29.7 Å². The van der Waals surface area contributed by atoms with Crippen LogP contribution in [0.25, 0.3) is 6.08 Å². The molecule has 0 spiro atoms. The van der Waals surface area contributed by atoms with E-state index in [-0.39, 0.29) is 24.7 Å². The predicted molar refractivity (Wildman–Crippen MR) is 95.8 cm³/mol. The summed E-state index contributed by atoms with van der Waals surface area (Å²) in [6.45, 7) is 2.01. The number of alkyl carbamates (subject to hydrolysis) is 1. The summed E-state index contributed by atoms with van der Waals surface area (Å²) in [5.74, 6) is -0.0349. The van der Waals surface area contributed by atoms with Crippen LogP contribution in [0.2, 0.25) is 0 Å². The first-order valence-corrected chi connectivity index (χ1v) is 7.82. The molecule has 1 heterocycles. The molecule has 0 unspecified atom stereocenters. The van der Waals surface area contributed by atoms with Gasteiger partial charge in [-0.1, -0.05) is 42.5 Å². The van der Waals surface area contributed by atoms with Gasteiger partial charge in [0, 0.05) is 23.9 Å². The third-order valence-electron chi connectivity index (χ3n) is 3.56.